The van der Waals surface area contributed by atoms with Gasteiger partial charge in [-0.15, -0.1) is 0 Å². The highest BCUT2D eigenvalue weighted by Crippen LogP contribution is 2.37. The molecule has 3 amide bonds. The number of rotatable bonds is 7. The van der Waals surface area contributed by atoms with E-state index in [9.17, 15) is 14.4 Å². The fourth-order valence-electron chi connectivity index (χ4n) is 4.64. The van der Waals surface area contributed by atoms with Gasteiger partial charge in [-0.05, 0) is 31.4 Å². The van der Waals surface area contributed by atoms with Crippen molar-refractivity contribution in [1.29, 1.82) is 0 Å². The number of benzene rings is 1. The van der Waals surface area contributed by atoms with Crippen molar-refractivity contribution < 1.29 is 23.9 Å². The standard InChI is InChI=1S/C23H31N3O5/c1-2-3-11-24-22(29)23(9-5-4-6-10-23)25-21(28)16-12-20(27)26(14-16)17-7-8-18-19(13-17)31-15-30-18/h7-8,13,16H,2-6,9-12,14-15H2,1H3,(H,24,29)(H,25,28). The van der Waals surface area contributed by atoms with E-state index in [1.165, 1.54) is 0 Å². The minimum absolute atomic E-state index is 0.0917. The number of amides is 3. The van der Waals surface area contributed by atoms with Gasteiger partial charge < -0.3 is 25.0 Å². The number of carbonyl (C=O) groups is 3. The molecule has 1 atom stereocenters. The molecule has 2 fully saturated rings. The number of unbranched alkanes of at least 4 members (excludes halogenated alkanes) is 1. The molecule has 0 bridgehead atoms. The summed E-state index contributed by atoms with van der Waals surface area (Å²) in [6.45, 7) is 3.15. The number of ether oxygens (including phenoxy) is 2. The van der Waals surface area contributed by atoms with E-state index in [0.29, 0.717) is 36.6 Å². The molecule has 168 valence electrons. The van der Waals surface area contributed by atoms with Gasteiger partial charge in [0.05, 0.1) is 5.92 Å². The molecule has 2 heterocycles. The minimum atomic E-state index is -0.863. The van der Waals surface area contributed by atoms with Gasteiger partial charge in [-0.3, -0.25) is 14.4 Å². The molecule has 1 aliphatic carbocycles. The Labute approximate surface area is 182 Å². The quantitative estimate of drug-likeness (QED) is 0.649. The number of carbonyl (C=O) groups excluding carboxylic acids is 3. The van der Waals surface area contributed by atoms with E-state index >= 15 is 0 Å². The number of nitrogens with one attached hydrogen (secondary N) is 2. The number of anilines is 1. The van der Waals surface area contributed by atoms with Crippen molar-refractivity contribution in [2.45, 2.75) is 63.8 Å². The Morgan fingerprint density at radius 3 is 2.71 bits per heavy atom. The fourth-order valence-corrected chi connectivity index (χ4v) is 4.64. The lowest BCUT2D eigenvalue weighted by molar-refractivity contribution is -0.136. The molecule has 1 aromatic rings. The Hall–Kier alpha value is -2.77. The third kappa shape index (κ3) is 4.48. The zero-order valence-corrected chi connectivity index (χ0v) is 18.1. The lowest BCUT2D eigenvalue weighted by atomic mass is 9.80. The molecule has 31 heavy (non-hydrogen) atoms. The van der Waals surface area contributed by atoms with Crippen molar-refractivity contribution in [1.82, 2.24) is 10.6 Å². The Bertz CT molecular complexity index is 850. The van der Waals surface area contributed by atoms with E-state index in [4.69, 9.17) is 9.47 Å². The van der Waals surface area contributed by atoms with E-state index in [2.05, 4.69) is 17.6 Å². The smallest absolute Gasteiger partial charge is 0.245 e. The lowest BCUT2D eigenvalue weighted by Gasteiger charge is -2.37. The van der Waals surface area contributed by atoms with Gasteiger partial charge in [0, 0.05) is 31.3 Å². The average Bonchev–Trinajstić information content (AvgIpc) is 3.40. The topological polar surface area (TPSA) is 97.0 Å². The molecule has 0 spiro atoms. The van der Waals surface area contributed by atoms with Crippen LogP contribution >= 0.6 is 0 Å². The maximum Gasteiger partial charge on any atom is 0.245 e. The van der Waals surface area contributed by atoms with Gasteiger partial charge >= 0.3 is 0 Å². The molecule has 0 radical (unpaired) electrons. The highest BCUT2D eigenvalue weighted by atomic mass is 16.7. The molecule has 1 saturated carbocycles. The van der Waals surface area contributed by atoms with Crippen LogP contribution in [0.1, 0.15) is 58.3 Å². The van der Waals surface area contributed by atoms with Crippen LogP contribution in [0, 0.1) is 5.92 Å². The van der Waals surface area contributed by atoms with Crippen LogP contribution in [0.25, 0.3) is 0 Å². The molecular formula is C23H31N3O5. The SMILES string of the molecule is CCCCNC(=O)C1(NC(=O)C2CC(=O)N(c3ccc4c(c3)OCO4)C2)CCCCC1. The summed E-state index contributed by atoms with van der Waals surface area (Å²) in [5, 5.41) is 6.06. The molecule has 1 saturated heterocycles. The summed E-state index contributed by atoms with van der Waals surface area (Å²) >= 11 is 0. The van der Waals surface area contributed by atoms with Crippen molar-refractivity contribution in [2.75, 3.05) is 24.8 Å². The first-order chi connectivity index (χ1) is 15.0. The van der Waals surface area contributed by atoms with Gasteiger partial charge in [0.2, 0.25) is 24.5 Å². The summed E-state index contributed by atoms with van der Waals surface area (Å²) < 4.78 is 10.7. The third-order valence-corrected chi connectivity index (χ3v) is 6.48. The van der Waals surface area contributed by atoms with Crippen LogP contribution in [0.4, 0.5) is 5.69 Å². The number of fused-ring (bicyclic) bond motifs is 1. The predicted molar refractivity (Wildman–Crippen MR) is 115 cm³/mol. The first kappa shape index (κ1) is 21.5. The van der Waals surface area contributed by atoms with Crippen LogP contribution in [0.15, 0.2) is 18.2 Å². The van der Waals surface area contributed by atoms with Crippen molar-refractivity contribution in [3.8, 4) is 11.5 Å². The maximum absolute atomic E-state index is 13.1. The summed E-state index contributed by atoms with van der Waals surface area (Å²) in [5.74, 6) is 0.348. The molecule has 0 aromatic heterocycles. The molecule has 8 nitrogen and oxygen atoms in total. The van der Waals surface area contributed by atoms with Crippen LogP contribution in [0.2, 0.25) is 0 Å². The van der Waals surface area contributed by atoms with Crippen molar-refractivity contribution >= 4 is 23.4 Å². The summed E-state index contributed by atoms with van der Waals surface area (Å²) in [6.07, 6.45) is 6.22. The van der Waals surface area contributed by atoms with E-state index in [1.54, 1.807) is 23.1 Å². The van der Waals surface area contributed by atoms with Crippen molar-refractivity contribution in [3.05, 3.63) is 18.2 Å². The monoisotopic (exact) mass is 429 g/mol. The molecule has 4 rings (SSSR count). The van der Waals surface area contributed by atoms with Crippen LogP contribution < -0.4 is 25.0 Å². The van der Waals surface area contributed by atoms with E-state index in [1.807, 2.05) is 0 Å². The number of nitrogens with zero attached hydrogens (tertiary/aromatic N) is 1. The van der Waals surface area contributed by atoms with Crippen LogP contribution in [-0.2, 0) is 14.4 Å². The zero-order chi connectivity index (χ0) is 21.8. The van der Waals surface area contributed by atoms with E-state index in [0.717, 1.165) is 32.1 Å². The summed E-state index contributed by atoms with van der Waals surface area (Å²) in [5.41, 5.74) is -0.174. The van der Waals surface area contributed by atoms with Gasteiger partial charge in [-0.25, -0.2) is 0 Å². The maximum atomic E-state index is 13.1. The normalized spacial score (nSPS) is 21.8. The fraction of sp³-hybridized carbons (Fsp3) is 0.609. The minimum Gasteiger partial charge on any atom is -0.454 e. The van der Waals surface area contributed by atoms with Crippen LogP contribution in [-0.4, -0.2) is 43.1 Å². The van der Waals surface area contributed by atoms with Gasteiger partial charge in [0.15, 0.2) is 11.5 Å². The van der Waals surface area contributed by atoms with Gasteiger partial charge in [-0.2, -0.15) is 0 Å². The second-order valence-corrected chi connectivity index (χ2v) is 8.68. The predicted octanol–water partition coefficient (Wildman–Crippen LogP) is 2.50. The first-order valence-electron chi connectivity index (χ1n) is 11.3. The summed E-state index contributed by atoms with van der Waals surface area (Å²) in [6, 6.07) is 5.34. The first-order valence-corrected chi connectivity index (χ1v) is 11.3. The molecule has 3 aliphatic rings. The highest BCUT2D eigenvalue weighted by molar-refractivity contribution is 6.01. The second-order valence-electron chi connectivity index (χ2n) is 8.68. The van der Waals surface area contributed by atoms with E-state index in [-0.39, 0.29) is 37.5 Å². The van der Waals surface area contributed by atoms with E-state index < -0.39 is 11.5 Å². The Morgan fingerprint density at radius 2 is 1.94 bits per heavy atom. The average molecular weight is 430 g/mol. The Morgan fingerprint density at radius 1 is 1.16 bits per heavy atom. The largest absolute Gasteiger partial charge is 0.454 e. The van der Waals surface area contributed by atoms with Crippen molar-refractivity contribution in [3.63, 3.8) is 0 Å². The molecule has 1 aromatic carbocycles. The Balaban J connectivity index is 1.43. The zero-order valence-electron chi connectivity index (χ0n) is 18.1. The van der Waals surface area contributed by atoms with Gasteiger partial charge in [0.25, 0.3) is 0 Å². The second kappa shape index (κ2) is 9.16. The third-order valence-electron chi connectivity index (χ3n) is 6.48. The molecule has 2 N–H and O–H groups in total. The van der Waals surface area contributed by atoms with Gasteiger partial charge in [-0.1, -0.05) is 32.6 Å². The Kier molecular flexibility index (Phi) is 6.34. The lowest BCUT2D eigenvalue weighted by Crippen LogP contribution is -2.61. The molecule has 2 aliphatic heterocycles. The molecular weight excluding hydrogens is 398 g/mol. The molecule has 8 heteroatoms. The highest BCUT2D eigenvalue weighted by Gasteiger charge is 2.44. The van der Waals surface area contributed by atoms with Crippen molar-refractivity contribution in [2.24, 2.45) is 5.92 Å². The number of hydrogen-bond acceptors (Lipinski definition) is 5. The van der Waals surface area contributed by atoms with Crippen LogP contribution in [0.5, 0.6) is 11.5 Å². The van der Waals surface area contributed by atoms with Gasteiger partial charge in [0.1, 0.15) is 5.54 Å². The molecule has 1 unspecified atom stereocenters. The number of hydrogen-bond donors (Lipinski definition) is 2. The van der Waals surface area contributed by atoms with Crippen LogP contribution in [0.3, 0.4) is 0 Å². The summed E-state index contributed by atoms with van der Waals surface area (Å²) in [4.78, 5) is 40.4. The summed E-state index contributed by atoms with van der Waals surface area (Å²) in [7, 11) is 0.